The van der Waals surface area contributed by atoms with Gasteiger partial charge in [0.05, 0.1) is 17.5 Å². The Hall–Kier alpha value is -3.49. The van der Waals surface area contributed by atoms with Crippen molar-refractivity contribution in [3.05, 3.63) is 63.8 Å². The van der Waals surface area contributed by atoms with Crippen molar-refractivity contribution in [3.63, 3.8) is 0 Å². The van der Waals surface area contributed by atoms with E-state index < -0.39 is 5.82 Å². The highest BCUT2D eigenvalue weighted by Gasteiger charge is 2.59. The Labute approximate surface area is 184 Å². The highest BCUT2D eigenvalue weighted by atomic mass is 19.1. The molecule has 1 saturated carbocycles. The first-order valence-corrected chi connectivity index (χ1v) is 10.5. The van der Waals surface area contributed by atoms with Gasteiger partial charge in [0.2, 0.25) is 5.95 Å². The van der Waals surface area contributed by atoms with Crippen molar-refractivity contribution in [1.82, 2.24) is 19.4 Å². The van der Waals surface area contributed by atoms with Gasteiger partial charge in [-0.2, -0.15) is 0 Å². The summed E-state index contributed by atoms with van der Waals surface area (Å²) in [6.45, 7) is 4.93. The van der Waals surface area contributed by atoms with Gasteiger partial charge in [0, 0.05) is 62.9 Å². The number of aryl methyl sites for hydroxylation is 2. The Morgan fingerprint density at radius 2 is 1.97 bits per heavy atom. The monoisotopic (exact) mass is 437 g/mol. The molecule has 9 heteroatoms. The molecule has 3 aromatic heterocycles. The van der Waals surface area contributed by atoms with E-state index in [9.17, 15) is 14.0 Å². The summed E-state index contributed by atoms with van der Waals surface area (Å²) < 4.78 is 21.2. The van der Waals surface area contributed by atoms with Crippen LogP contribution in [0.5, 0.6) is 0 Å². The van der Waals surface area contributed by atoms with Crippen LogP contribution in [0.1, 0.15) is 21.9 Å². The number of rotatable bonds is 4. The van der Waals surface area contributed by atoms with Crippen molar-refractivity contribution >= 4 is 11.9 Å². The van der Waals surface area contributed by atoms with Gasteiger partial charge in [0.15, 0.2) is 5.82 Å². The number of piperidine rings is 1. The number of hydrogen-bond donors (Lipinski definition) is 0. The molecule has 3 aromatic rings. The smallest absolute Gasteiger partial charge is 0.257 e. The summed E-state index contributed by atoms with van der Waals surface area (Å²) in [7, 11) is 3.55. The van der Waals surface area contributed by atoms with E-state index in [1.54, 1.807) is 20.0 Å². The van der Waals surface area contributed by atoms with Gasteiger partial charge in [0.1, 0.15) is 11.5 Å². The molecule has 0 bridgehead atoms. The number of furan rings is 1. The number of likely N-dealkylation sites (tertiary alicyclic amines) is 1. The summed E-state index contributed by atoms with van der Waals surface area (Å²) in [6, 6.07) is 4.80. The van der Waals surface area contributed by atoms with E-state index in [0.29, 0.717) is 42.2 Å². The predicted octanol–water partition coefficient (Wildman–Crippen LogP) is 2.40. The van der Waals surface area contributed by atoms with Crippen LogP contribution in [-0.4, -0.2) is 51.5 Å². The summed E-state index contributed by atoms with van der Waals surface area (Å²) in [5.41, 5.74) is 0.875. The predicted molar refractivity (Wildman–Crippen MR) is 116 cm³/mol. The highest BCUT2D eigenvalue weighted by Crippen LogP contribution is 2.49. The van der Waals surface area contributed by atoms with E-state index in [1.165, 1.54) is 22.9 Å². The normalized spacial score (nSPS) is 21.5. The molecule has 4 heterocycles. The fourth-order valence-corrected chi connectivity index (χ4v) is 4.95. The van der Waals surface area contributed by atoms with Gasteiger partial charge in [-0.15, -0.1) is 0 Å². The summed E-state index contributed by atoms with van der Waals surface area (Å²) in [5, 5.41) is 0. The van der Waals surface area contributed by atoms with E-state index >= 15 is 0 Å². The lowest BCUT2D eigenvalue weighted by Gasteiger charge is -2.26. The number of pyridine rings is 1. The molecule has 0 N–H and O–H groups in total. The minimum atomic E-state index is -0.524. The van der Waals surface area contributed by atoms with Crippen LogP contribution in [0.15, 0.2) is 39.8 Å². The topological polar surface area (TPSA) is 84.5 Å². The highest BCUT2D eigenvalue weighted by molar-refractivity contribution is 5.95. The first kappa shape index (κ1) is 20.4. The summed E-state index contributed by atoms with van der Waals surface area (Å²) in [5.74, 6) is 1.91. The number of aromatic nitrogens is 3. The minimum absolute atomic E-state index is 0.00589. The zero-order chi connectivity index (χ0) is 22.7. The molecule has 2 fully saturated rings. The number of hydrogen-bond acceptors (Lipinski definition) is 6. The molecule has 1 aliphatic heterocycles. The number of anilines is 1. The Balaban J connectivity index is 1.35. The lowest BCUT2D eigenvalue weighted by molar-refractivity contribution is 0.0771. The van der Waals surface area contributed by atoms with Crippen molar-refractivity contribution in [2.24, 2.45) is 18.9 Å². The molecule has 1 saturated heterocycles. The van der Waals surface area contributed by atoms with Gasteiger partial charge in [0.25, 0.3) is 11.5 Å². The van der Waals surface area contributed by atoms with Crippen LogP contribution >= 0.6 is 0 Å². The molecule has 3 atom stereocenters. The number of carbonyl (C=O) groups is 1. The average molecular weight is 437 g/mol. The van der Waals surface area contributed by atoms with Crippen molar-refractivity contribution in [2.75, 3.05) is 25.0 Å². The van der Waals surface area contributed by atoms with Crippen LogP contribution in [-0.2, 0) is 7.05 Å². The van der Waals surface area contributed by atoms with Crippen molar-refractivity contribution in [1.29, 1.82) is 0 Å². The average Bonchev–Trinajstić information content (AvgIpc) is 3.06. The SMILES string of the molecule is Cc1cc(C(=O)N2C[C@@H]3C(N(C)c4nc(-c5ccncc5F)cc(=O)n4C)[C@@H]3C2)c(C)o1. The van der Waals surface area contributed by atoms with Crippen molar-refractivity contribution in [3.8, 4) is 11.3 Å². The molecular formula is C23H24FN5O3. The fourth-order valence-electron chi connectivity index (χ4n) is 4.95. The van der Waals surface area contributed by atoms with Gasteiger partial charge in [-0.1, -0.05) is 0 Å². The fraction of sp³-hybridized carbons (Fsp3) is 0.391. The lowest BCUT2D eigenvalue weighted by atomic mass is 10.2. The number of halogens is 1. The molecule has 1 aliphatic carbocycles. The molecule has 0 spiro atoms. The Morgan fingerprint density at radius 3 is 2.59 bits per heavy atom. The van der Waals surface area contributed by atoms with Crippen LogP contribution in [0, 0.1) is 31.5 Å². The molecule has 1 unspecified atom stereocenters. The van der Waals surface area contributed by atoms with Crippen molar-refractivity contribution < 1.29 is 13.6 Å². The lowest BCUT2D eigenvalue weighted by Crippen LogP contribution is -2.38. The molecule has 32 heavy (non-hydrogen) atoms. The maximum Gasteiger partial charge on any atom is 0.257 e. The molecular weight excluding hydrogens is 413 g/mol. The van der Waals surface area contributed by atoms with Crippen LogP contribution in [0.25, 0.3) is 11.3 Å². The zero-order valence-electron chi connectivity index (χ0n) is 18.4. The third-order valence-electron chi connectivity index (χ3n) is 6.63. The van der Waals surface area contributed by atoms with E-state index in [-0.39, 0.29) is 28.8 Å². The number of amides is 1. The zero-order valence-corrected chi connectivity index (χ0v) is 18.4. The Morgan fingerprint density at radius 1 is 1.25 bits per heavy atom. The van der Waals surface area contributed by atoms with Gasteiger partial charge in [-0.05, 0) is 26.0 Å². The molecule has 2 aliphatic rings. The minimum Gasteiger partial charge on any atom is -0.466 e. The maximum absolute atomic E-state index is 14.2. The van der Waals surface area contributed by atoms with E-state index in [4.69, 9.17) is 4.42 Å². The van der Waals surface area contributed by atoms with Crippen LogP contribution < -0.4 is 10.5 Å². The van der Waals surface area contributed by atoms with Crippen molar-refractivity contribution in [2.45, 2.75) is 19.9 Å². The first-order valence-electron chi connectivity index (χ1n) is 10.5. The molecule has 0 aromatic carbocycles. The summed E-state index contributed by atoms with van der Waals surface area (Å²) >= 11 is 0. The van der Waals surface area contributed by atoms with E-state index in [0.717, 1.165) is 12.0 Å². The van der Waals surface area contributed by atoms with E-state index in [2.05, 4.69) is 9.97 Å². The van der Waals surface area contributed by atoms with Gasteiger partial charge >= 0.3 is 0 Å². The largest absolute Gasteiger partial charge is 0.466 e. The second-order valence-electron chi connectivity index (χ2n) is 8.66. The number of nitrogens with zero attached hydrogens (tertiary/aromatic N) is 5. The first-order chi connectivity index (χ1) is 15.3. The van der Waals surface area contributed by atoms with Gasteiger partial charge < -0.3 is 14.2 Å². The Kier molecular flexibility index (Phi) is 4.65. The molecule has 166 valence electrons. The molecule has 1 amide bonds. The second-order valence-corrected chi connectivity index (χ2v) is 8.66. The second kappa shape index (κ2) is 7.29. The van der Waals surface area contributed by atoms with Gasteiger partial charge in [-0.3, -0.25) is 19.1 Å². The Bertz CT molecular complexity index is 1270. The van der Waals surface area contributed by atoms with Crippen LogP contribution in [0.3, 0.4) is 0 Å². The standard InChI is InChI=1S/C23H24FN5O3/c1-12-7-15(13(2)32-12)22(31)29-10-16-17(11-29)21(16)28(4)23-26-19(8-20(30)27(23)3)14-5-6-25-9-18(14)24/h5-9,16-17,21H,10-11H2,1-4H3/t16-,17+,21?. The third-order valence-corrected chi connectivity index (χ3v) is 6.63. The molecule has 8 nitrogen and oxygen atoms in total. The third kappa shape index (κ3) is 3.19. The molecule has 5 rings (SSSR count). The quantitative estimate of drug-likeness (QED) is 0.623. The van der Waals surface area contributed by atoms with Crippen LogP contribution in [0.4, 0.5) is 10.3 Å². The summed E-state index contributed by atoms with van der Waals surface area (Å²) in [6.07, 6.45) is 2.58. The maximum atomic E-state index is 14.2. The summed E-state index contributed by atoms with van der Waals surface area (Å²) in [4.78, 5) is 37.7. The number of fused-ring (bicyclic) bond motifs is 1. The van der Waals surface area contributed by atoms with Crippen LogP contribution in [0.2, 0.25) is 0 Å². The number of carbonyl (C=O) groups excluding carboxylic acids is 1. The van der Waals surface area contributed by atoms with Gasteiger partial charge in [-0.25, -0.2) is 9.37 Å². The van der Waals surface area contributed by atoms with E-state index in [1.807, 2.05) is 23.8 Å². The molecule has 0 radical (unpaired) electrons.